The van der Waals surface area contributed by atoms with Gasteiger partial charge in [0, 0.05) is 0 Å². The van der Waals surface area contributed by atoms with E-state index in [0.29, 0.717) is 0 Å². The lowest BCUT2D eigenvalue weighted by Crippen LogP contribution is -2.32. The standard InChI is InChI=1S/C11H8ClNO3/c12-9-6-10(14)13(11(15)16-9)7-8-4-2-1-3-5-8/h1-6H,7H2. The fourth-order valence-electron chi connectivity index (χ4n) is 1.34. The molecule has 0 spiro atoms. The second kappa shape index (κ2) is 4.37. The van der Waals surface area contributed by atoms with Gasteiger partial charge in [0.2, 0.25) is 5.22 Å². The summed E-state index contributed by atoms with van der Waals surface area (Å²) in [7, 11) is 0. The van der Waals surface area contributed by atoms with Gasteiger partial charge < -0.3 is 4.42 Å². The summed E-state index contributed by atoms with van der Waals surface area (Å²) < 4.78 is 5.62. The third-order valence-electron chi connectivity index (χ3n) is 2.09. The van der Waals surface area contributed by atoms with E-state index in [1.54, 1.807) is 0 Å². The molecule has 0 aliphatic rings. The van der Waals surface area contributed by atoms with Crippen molar-refractivity contribution in [2.75, 3.05) is 0 Å². The van der Waals surface area contributed by atoms with Crippen LogP contribution >= 0.6 is 11.6 Å². The van der Waals surface area contributed by atoms with Crippen molar-refractivity contribution in [1.29, 1.82) is 0 Å². The van der Waals surface area contributed by atoms with Crippen LogP contribution in [0.3, 0.4) is 0 Å². The number of rotatable bonds is 2. The molecule has 1 aromatic heterocycles. The van der Waals surface area contributed by atoms with Gasteiger partial charge in [0.15, 0.2) is 0 Å². The van der Waals surface area contributed by atoms with E-state index in [2.05, 4.69) is 4.42 Å². The molecule has 0 atom stereocenters. The second-order valence-electron chi connectivity index (χ2n) is 3.23. The molecule has 0 radical (unpaired) electrons. The molecule has 16 heavy (non-hydrogen) atoms. The maximum absolute atomic E-state index is 11.5. The summed E-state index contributed by atoms with van der Waals surface area (Å²) >= 11 is 5.45. The zero-order valence-corrected chi connectivity index (χ0v) is 8.98. The monoisotopic (exact) mass is 237 g/mol. The van der Waals surface area contributed by atoms with Crippen LogP contribution in [-0.2, 0) is 6.54 Å². The third kappa shape index (κ3) is 2.23. The SMILES string of the molecule is O=c1cc(Cl)oc(=O)n1Cc1ccccc1. The Hall–Kier alpha value is -1.81. The lowest BCUT2D eigenvalue weighted by Gasteiger charge is -2.02. The molecule has 1 aromatic carbocycles. The summed E-state index contributed by atoms with van der Waals surface area (Å²) in [6.45, 7) is 0.180. The van der Waals surface area contributed by atoms with E-state index in [0.717, 1.165) is 16.2 Å². The normalized spacial score (nSPS) is 10.3. The molecule has 0 amide bonds. The number of hydrogen-bond donors (Lipinski definition) is 0. The van der Waals surface area contributed by atoms with E-state index in [4.69, 9.17) is 11.6 Å². The van der Waals surface area contributed by atoms with E-state index in [9.17, 15) is 9.59 Å². The zero-order valence-electron chi connectivity index (χ0n) is 8.22. The lowest BCUT2D eigenvalue weighted by molar-refractivity contribution is 0.432. The first kappa shape index (κ1) is 10.7. The van der Waals surface area contributed by atoms with Gasteiger partial charge >= 0.3 is 5.76 Å². The summed E-state index contributed by atoms with van der Waals surface area (Å²) in [4.78, 5) is 22.9. The fourth-order valence-corrected chi connectivity index (χ4v) is 1.50. The van der Waals surface area contributed by atoms with Crippen LogP contribution in [0.4, 0.5) is 0 Å². The molecule has 0 fully saturated rings. The van der Waals surface area contributed by atoms with Crippen molar-refractivity contribution in [2.45, 2.75) is 6.54 Å². The first-order valence-corrected chi connectivity index (χ1v) is 4.99. The Labute approximate surface area is 95.7 Å². The highest BCUT2D eigenvalue weighted by molar-refractivity contribution is 6.28. The van der Waals surface area contributed by atoms with Crippen LogP contribution in [0.15, 0.2) is 50.4 Å². The third-order valence-corrected chi connectivity index (χ3v) is 2.28. The molecule has 5 heteroatoms. The average Bonchev–Trinajstić information content (AvgIpc) is 2.25. The minimum absolute atomic E-state index is 0.180. The lowest BCUT2D eigenvalue weighted by atomic mass is 10.2. The first-order chi connectivity index (χ1) is 7.66. The molecular formula is C11H8ClNO3. The van der Waals surface area contributed by atoms with Crippen molar-refractivity contribution in [3.8, 4) is 0 Å². The van der Waals surface area contributed by atoms with Crippen LogP contribution < -0.4 is 11.3 Å². The Morgan fingerprint density at radius 1 is 1.19 bits per heavy atom. The van der Waals surface area contributed by atoms with Crippen LogP contribution in [-0.4, -0.2) is 4.57 Å². The summed E-state index contributed by atoms with van der Waals surface area (Å²) in [5, 5.41) is -0.195. The molecule has 0 unspecified atom stereocenters. The predicted molar refractivity (Wildman–Crippen MR) is 59.8 cm³/mol. The van der Waals surface area contributed by atoms with Gasteiger partial charge in [-0.05, 0) is 17.2 Å². The molecule has 0 bridgehead atoms. The summed E-state index contributed by atoms with van der Waals surface area (Å²) in [5.74, 6) is -0.749. The van der Waals surface area contributed by atoms with Gasteiger partial charge in [0.05, 0.1) is 12.6 Å². The molecule has 82 valence electrons. The van der Waals surface area contributed by atoms with Gasteiger partial charge in [-0.2, -0.15) is 0 Å². The highest BCUT2D eigenvalue weighted by Gasteiger charge is 2.05. The summed E-state index contributed by atoms with van der Waals surface area (Å²) in [6, 6.07) is 10.2. The van der Waals surface area contributed by atoms with E-state index in [1.165, 1.54) is 0 Å². The number of benzene rings is 1. The highest BCUT2D eigenvalue weighted by Crippen LogP contribution is 2.01. The predicted octanol–water partition coefficient (Wildman–Crippen LogP) is 1.50. The van der Waals surface area contributed by atoms with E-state index in [1.807, 2.05) is 30.3 Å². The van der Waals surface area contributed by atoms with Crippen LogP contribution in [0.5, 0.6) is 0 Å². The van der Waals surface area contributed by atoms with Crippen molar-refractivity contribution >= 4 is 11.6 Å². The van der Waals surface area contributed by atoms with Gasteiger partial charge in [-0.25, -0.2) is 9.36 Å². The largest absolute Gasteiger partial charge is 0.423 e. The Bertz CT molecular complexity index is 569. The van der Waals surface area contributed by atoms with Gasteiger partial charge in [-0.1, -0.05) is 30.3 Å². The van der Waals surface area contributed by atoms with E-state index >= 15 is 0 Å². The molecule has 0 N–H and O–H groups in total. The van der Waals surface area contributed by atoms with E-state index < -0.39 is 11.3 Å². The highest BCUT2D eigenvalue weighted by atomic mass is 35.5. The number of halogens is 1. The summed E-state index contributed by atoms with van der Waals surface area (Å²) in [6.07, 6.45) is 0. The Kier molecular flexibility index (Phi) is 2.92. The fraction of sp³-hybridized carbons (Fsp3) is 0.0909. The zero-order chi connectivity index (χ0) is 11.5. The minimum atomic E-state index is -0.749. The van der Waals surface area contributed by atoms with Gasteiger partial charge in [0.1, 0.15) is 0 Å². The molecule has 0 aliphatic heterocycles. The quantitative estimate of drug-likeness (QED) is 0.796. The molecule has 0 saturated carbocycles. The van der Waals surface area contributed by atoms with Crippen LogP contribution in [0, 0.1) is 0 Å². The van der Waals surface area contributed by atoms with Crippen LogP contribution in [0.1, 0.15) is 5.56 Å². The van der Waals surface area contributed by atoms with Crippen LogP contribution in [0.2, 0.25) is 5.22 Å². The number of nitrogens with zero attached hydrogens (tertiary/aromatic N) is 1. The molecule has 2 rings (SSSR count). The second-order valence-corrected chi connectivity index (χ2v) is 3.60. The molecular weight excluding hydrogens is 230 g/mol. The van der Waals surface area contributed by atoms with E-state index in [-0.39, 0.29) is 11.8 Å². The van der Waals surface area contributed by atoms with Gasteiger partial charge in [-0.15, -0.1) is 0 Å². The van der Waals surface area contributed by atoms with Crippen molar-refractivity contribution in [3.05, 3.63) is 68.1 Å². The average molecular weight is 238 g/mol. The van der Waals surface area contributed by atoms with Crippen molar-refractivity contribution in [1.82, 2.24) is 4.57 Å². The molecule has 0 aliphatic carbocycles. The first-order valence-electron chi connectivity index (χ1n) is 4.61. The summed E-state index contributed by atoms with van der Waals surface area (Å²) in [5.41, 5.74) is 0.379. The molecule has 0 saturated heterocycles. The Morgan fingerprint density at radius 3 is 2.50 bits per heavy atom. The topological polar surface area (TPSA) is 52.2 Å². The Morgan fingerprint density at radius 2 is 1.88 bits per heavy atom. The maximum Gasteiger partial charge on any atom is 0.423 e. The van der Waals surface area contributed by atoms with Gasteiger partial charge in [0.25, 0.3) is 5.56 Å². The van der Waals surface area contributed by atoms with Gasteiger partial charge in [-0.3, -0.25) is 4.79 Å². The molecule has 2 aromatic rings. The number of hydrogen-bond acceptors (Lipinski definition) is 3. The van der Waals surface area contributed by atoms with Crippen molar-refractivity contribution < 1.29 is 4.42 Å². The van der Waals surface area contributed by atoms with Crippen LogP contribution in [0.25, 0.3) is 0 Å². The number of aromatic nitrogens is 1. The Balaban J connectivity index is 2.44. The minimum Gasteiger partial charge on any atom is -0.397 e. The molecule has 1 heterocycles. The maximum atomic E-state index is 11.5. The smallest absolute Gasteiger partial charge is 0.397 e. The van der Waals surface area contributed by atoms with Crippen molar-refractivity contribution in [3.63, 3.8) is 0 Å². The molecule has 4 nitrogen and oxygen atoms in total. The van der Waals surface area contributed by atoms with Crippen molar-refractivity contribution in [2.24, 2.45) is 0 Å².